The van der Waals surface area contributed by atoms with Gasteiger partial charge in [0.25, 0.3) is 0 Å². The molecule has 1 aromatic heterocycles. The predicted octanol–water partition coefficient (Wildman–Crippen LogP) is 1.33. The molecule has 0 saturated heterocycles. The second-order valence-electron chi connectivity index (χ2n) is 3.71. The molecule has 0 atom stereocenters. The molecule has 0 unspecified atom stereocenters. The Morgan fingerprint density at radius 3 is 2.32 bits per heavy atom. The molecule has 19 heavy (non-hydrogen) atoms. The SMILES string of the molecule is O=C(O)Cn1cnc(-c2ccc(C(=O)O)cc2)c1.[Zn]. The van der Waals surface area contributed by atoms with E-state index in [1.54, 1.807) is 18.3 Å². The number of aromatic nitrogens is 2. The normalized spacial score (nSPS) is 9.68. The van der Waals surface area contributed by atoms with E-state index >= 15 is 0 Å². The van der Waals surface area contributed by atoms with Gasteiger partial charge in [0, 0.05) is 31.2 Å². The van der Waals surface area contributed by atoms with Gasteiger partial charge in [0.05, 0.1) is 17.6 Å². The number of carboxylic acid groups (broad SMARTS) is 2. The number of aliphatic carboxylic acids is 1. The van der Waals surface area contributed by atoms with Crippen molar-refractivity contribution < 1.29 is 39.3 Å². The summed E-state index contributed by atoms with van der Waals surface area (Å²) in [6.07, 6.45) is 3.03. The monoisotopic (exact) mass is 310 g/mol. The fourth-order valence-corrected chi connectivity index (χ4v) is 1.54. The number of nitrogens with zero attached hydrogens (tertiary/aromatic N) is 2. The summed E-state index contributed by atoms with van der Waals surface area (Å²) in [5.74, 6) is -1.93. The van der Waals surface area contributed by atoms with E-state index in [1.165, 1.54) is 23.0 Å². The van der Waals surface area contributed by atoms with Crippen LogP contribution in [-0.2, 0) is 30.8 Å². The van der Waals surface area contributed by atoms with Gasteiger partial charge in [-0.25, -0.2) is 9.78 Å². The van der Waals surface area contributed by atoms with Gasteiger partial charge in [-0.2, -0.15) is 0 Å². The molecule has 0 bridgehead atoms. The third kappa shape index (κ3) is 3.73. The molecule has 6 nitrogen and oxygen atoms in total. The molecular formula is C12H10N2O4Zn. The minimum Gasteiger partial charge on any atom is -0.480 e. The molecule has 2 N–H and O–H groups in total. The number of benzene rings is 1. The molecule has 0 aliphatic rings. The average Bonchev–Trinajstić information content (AvgIpc) is 2.76. The molecule has 0 aliphatic carbocycles. The van der Waals surface area contributed by atoms with Crippen LogP contribution in [0.4, 0.5) is 0 Å². The molecule has 0 amide bonds. The number of carboxylic acids is 2. The Labute approximate surface area is 121 Å². The van der Waals surface area contributed by atoms with E-state index in [0.717, 1.165) is 5.56 Å². The summed E-state index contributed by atoms with van der Waals surface area (Å²) in [6.45, 7) is -0.153. The standard InChI is InChI=1S/C12H10N2O4.Zn/c15-11(16)6-14-5-10(13-7-14)8-1-3-9(4-2-8)12(17)18;/h1-5,7H,6H2,(H,15,16)(H,17,18);. The zero-order valence-corrected chi connectivity index (χ0v) is 13.0. The molecule has 2 aromatic rings. The number of imidazole rings is 1. The van der Waals surface area contributed by atoms with Crippen molar-refractivity contribution in [2.75, 3.05) is 0 Å². The third-order valence-corrected chi connectivity index (χ3v) is 2.38. The van der Waals surface area contributed by atoms with Crippen LogP contribution in [0, 0.1) is 0 Å². The zero-order chi connectivity index (χ0) is 13.1. The summed E-state index contributed by atoms with van der Waals surface area (Å²) in [4.78, 5) is 25.3. The molecule has 0 radical (unpaired) electrons. The minimum absolute atomic E-state index is 0. The van der Waals surface area contributed by atoms with Gasteiger partial charge < -0.3 is 14.8 Å². The Balaban J connectivity index is 0.00000180. The Morgan fingerprint density at radius 2 is 1.79 bits per heavy atom. The molecule has 0 spiro atoms. The Hall–Kier alpha value is -2.01. The van der Waals surface area contributed by atoms with E-state index in [4.69, 9.17) is 10.2 Å². The van der Waals surface area contributed by atoms with Crippen LogP contribution >= 0.6 is 0 Å². The number of hydrogen-bond donors (Lipinski definition) is 2. The maximum atomic E-state index is 10.7. The fourth-order valence-electron chi connectivity index (χ4n) is 1.54. The van der Waals surface area contributed by atoms with Crippen molar-refractivity contribution >= 4 is 11.9 Å². The van der Waals surface area contributed by atoms with Crippen molar-refractivity contribution in [2.24, 2.45) is 0 Å². The molecule has 7 heteroatoms. The van der Waals surface area contributed by atoms with Crippen LogP contribution in [0.25, 0.3) is 11.3 Å². The molecule has 1 aromatic carbocycles. The first-order valence-corrected chi connectivity index (χ1v) is 5.13. The van der Waals surface area contributed by atoms with E-state index in [2.05, 4.69) is 4.98 Å². The van der Waals surface area contributed by atoms with Crippen LogP contribution in [0.3, 0.4) is 0 Å². The first kappa shape index (κ1) is 15.1. The Bertz CT molecular complexity index is 592. The van der Waals surface area contributed by atoms with E-state index in [-0.39, 0.29) is 31.6 Å². The van der Waals surface area contributed by atoms with E-state index in [0.29, 0.717) is 5.69 Å². The van der Waals surface area contributed by atoms with Gasteiger partial charge in [-0.05, 0) is 12.1 Å². The molecule has 0 aliphatic heterocycles. The summed E-state index contributed by atoms with van der Waals surface area (Å²) in [5, 5.41) is 17.4. The number of aromatic carboxylic acids is 1. The number of rotatable bonds is 4. The van der Waals surface area contributed by atoms with Crippen molar-refractivity contribution in [1.29, 1.82) is 0 Å². The van der Waals surface area contributed by atoms with Gasteiger partial charge in [0.15, 0.2) is 0 Å². The van der Waals surface area contributed by atoms with Gasteiger partial charge in [-0.3, -0.25) is 4.79 Å². The summed E-state index contributed by atoms with van der Waals surface area (Å²) < 4.78 is 1.45. The first-order chi connectivity index (χ1) is 8.56. The fraction of sp³-hybridized carbons (Fsp3) is 0.0833. The van der Waals surface area contributed by atoms with Crippen molar-refractivity contribution in [3.8, 4) is 11.3 Å². The van der Waals surface area contributed by atoms with Gasteiger partial charge in [0.1, 0.15) is 6.54 Å². The zero-order valence-electron chi connectivity index (χ0n) is 9.98. The van der Waals surface area contributed by atoms with Gasteiger partial charge in [-0.1, -0.05) is 12.1 Å². The van der Waals surface area contributed by atoms with Gasteiger partial charge >= 0.3 is 11.9 Å². The second kappa shape index (κ2) is 6.25. The van der Waals surface area contributed by atoms with Crippen LogP contribution in [0.15, 0.2) is 36.8 Å². The maximum Gasteiger partial charge on any atom is 0.335 e. The van der Waals surface area contributed by atoms with Gasteiger partial charge in [-0.15, -0.1) is 0 Å². The quantitative estimate of drug-likeness (QED) is 0.831. The molecule has 1 heterocycles. The van der Waals surface area contributed by atoms with Crippen LogP contribution < -0.4 is 0 Å². The molecule has 2 rings (SSSR count). The predicted molar refractivity (Wildman–Crippen MR) is 62.3 cm³/mol. The van der Waals surface area contributed by atoms with Crippen LogP contribution in [0.1, 0.15) is 10.4 Å². The number of hydrogen-bond acceptors (Lipinski definition) is 3. The first-order valence-electron chi connectivity index (χ1n) is 5.13. The van der Waals surface area contributed by atoms with E-state index in [9.17, 15) is 9.59 Å². The smallest absolute Gasteiger partial charge is 0.335 e. The maximum absolute atomic E-state index is 10.7. The molecule has 94 valence electrons. The number of carbonyl (C=O) groups is 2. The summed E-state index contributed by atoms with van der Waals surface area (Å²) in [6, 6.07) is 6.23. The van der Waals surface area contributed by atoms with Crippen molar-refractivity contribution in [1.82, 2.24) is 9.55 Å². The van der Waals surface area contributed by atoms with Crippen LogP contribution in [0.2, 0.25) is 0 Å². The Morgan fingerprint density at radius 1 is 1.16 bits per heavy atom. The van der Waals surface area contributed by atoms with Gasteiger partial charge in [0.2, 0.25) is 0 Å². The van der Waals surface area contributed by atoms with Crippen LogP contribution in [0.5, 0.6) is 0 Å². The molecule has 0 saturated carbocycles. The van der Waals surface area contributed by atoms with E-state index < -0.39 is 11.9 Å². The summed E-state index contributed by atoms with van der Waals surface area (Å²) in [7, 11) is 0. The van der Waals surface area contributed by atoms with Crippen molar-refractivity contribution in [3.63, 3.8) is 0 Å². The minimum atomic E-state index is -0.988. The average molecular weight is 312 g/mol. The molecule has 0 fully saturated rings. The summed E-state index contributed by atoms with van der Waals surface area (Å²) in [5.41, 5.74) is 1.54. The van der Waals surface area contributed by atoms with Crippen LogP contribution in [-0.4, -0.2) is 31.7 Å². The van der Waals surface area contributed by atoms with Crippen molar-refractivity contribution in [3.05, 3.63) is 42.4 Å². The topological polar surface area (TPSA) is 92.4 Å². The largest absolute Gasteiger partial charge is 0.480 e. The second-order valence-corrected chi connectivity index (χ2v) is 3.71. The van der Waals surface area contributed by atoms with Crippen molar-refractivity contribution in [2.45, 2.75) is 6.54 Å². The summed E-state index contributed by atoms with van der Waals surface area (Å²) >= 11 is 0. The molecular weight excluding hydrogens is 302 g/mol. The third-order valence-electron chi connectivity index (χ3n) is 2.38. The Kier molecular flexibility index (Phi) is 4.95. The van der Waals surface area contributed by atoms with E-state index in [1.807, 2.05) is 0 Å².